The molecule has 0 aliphatic heterocycles. The van der Waals surface area contributed by atoms with Crippen LogP contribution in [0.25, 0.3) is 0 Å². The van der Waals surface area contributed by atoms with Crippen LogP contribution in [0.5, 0.6) is 5.75 Å². The number of ether oxygens (including phenoxy) is 1. The maximum absolute atomic E-state index is 12.3. The Morgan fingerprint density at radius 1 is 1.15 bits per heavy atom. The predicted molar refractivity (Wildman–Crippen MR) is 106 cm³/mol. The van der Waals surface area contributed by atoms with E-state index >= 15 is 0 Å². The van der Waals surface area contributed by atoms with Crippen LogP contribution in [0.15, 0.2) is 65.6 Å². The van der Waals surface area contributed by atoms with E-state index in [0.717, 1.165) is 24.8 Å². The number of fused-ring (bicyclic) bond motifs is 1. The smallest absolute Gasteiger partial charge is 0.316 e. The lowest BCUT2D eigenvalue weighted by atomic mass is 9.88. The quantitative estimate of drug-likeness (QED) is 0.751. The highest BCUT2D eigenvalue weighted by molar-refractivity contribution is 5.40. The average molecular weight is 361 g/mol. The van der Waals surface area contributed by atoms with Gasteiger partial charge in [0.1, 0.15) is 0 Å². The van der Waals surface area contributed by atoms with Crippen molar-refractivity contribution in [3.63, 3.8) is 0 Å². The summed E-state index contributed by atoms with van der Waals surface area (Å²) in [5.41, 5.74) is 3.44. The van der Waals surface area contributed by atoms with Crippen molar-refractivity contribution in [3.8, 4) is 5.75 Å². The molecule has 138 valence electrons. The number of nitrogens with zero attached hydrogens (tertiary/aromatic N) is 2. The standard InChI is InChI=1S/C22H23N3O2/c1-27-20-15-25(14-16-8-3-2-4-9-16)22(24-21(20)26)23-19-13-7-11-17-10-5-6-12-18(17)19/h2-6,8-10,12,15,19H,7,11,13-14H2,1H3,(H,23,24,26). The normalized spacial score (nSPS) is 15.8. The summed E-state index contributed by atoms with van der Waals surface area (Å²) < 4.78 is 7.15. The Balaban J connectivity index is 1.70. The lowest BCUT2D eigenvalue weighted by Crippen LogP contribution is -2.24. The van der Waals surface area contributed by atoms with E-state index in [-0.39, 0.29) is 17.4 Å². The summed E-state index contributed by atoms with van der Waals surface area (Å²) in [6.07, 6.45) is 4.97. The van der Waals surface area contributed by atoms with Gasteiger partial charge < -0.3 is 14.6 Å². The van der Waals surface area contributed by atoms with Crippen molar-refractivity contribution in [1.29, 1.82) is 0 Å². The highest BCUT2D eigenvalue weighted by atomic mass is 16.5. The molecule has 1 heterocycles. The molecule has 0 spiro atoms. The minimum atomic E-state index is -0.353. The lowest BCUT2D eigenvalue weighted by molar-refractivity contribution is 0.402. The molecule has 0 amide bonds. The van der Waals surface area contributed by atoms with Crippen LogP contribution in [0.3, 0.4) is 0 Å². The van der Waals surface area contributed by atoms with E-state index in [1.807, 2.05) is 22.8 Å². The van der Waals surface area contributed by atoms with Gasteiger partial charge in [-0.05, 0) is 36.0 Å². The Bertz CT molecular complexity index is 982. The topological polar surface area (TPSA) is 56.1 Å². The number of anilines is 1. The average Bonchev–Trinajstić information content (AvgIpc) is 2.71. The SMILES string of the molecule is COc1cn(Cc2ccccc2)c(NC2CCCc3ccccc32)nc1=O. The summed E-state index contributed by atoms with van der Waals surface area (Å²) in [6.45, 7) is 0.612. The fourth-order valence-electron chi connectivity index (χ4n) is 3.69. The largest absolute Gasteiger partial charge is 0.490 e. The Morgan fingerprint density at radius 2 is 1.93 bits per heavy atom. The van der Waals surface area contributed by atoms with Gasteiger partial charge in [0.2, 0.25) is 11.7 Å². The van der Waals surface area contributed by atoms with Crippen molar-refractivity contribution in [2.75, 3.05) is 12.4 Å². The number of methoxy groups -OCH3 is 1. The first-order valence-corrected chi connectivity index (χ1v) is 9.28. The number of hydrogen-bond acceptors (Lipinski definition) is 4. The maximum Gasteiger partial charge on any atom is 0.316 e. The highest BCUT2D eigenvalue weighted by Crippen LogP contribution is 2.32. The molecule has 1 N–H and O–H groups in total. The second kappa shape index (κ2) is 7.66. The maximum atomic E-state index is 12.3. The minimum absolute atomic E-state index is 0.150. The molecule has 0 saturated heterocycles. The molecule has 1 unspecified atom stereocenters. The third-order valence-electron chi connectivity index (χ3n) is 5.05. The van der Waals surface area contributed by atoms with E-state index in [2.05, 4.69) is 46.7 Å². The van der Waals surface area contributed by atoms with E-state index in [1.54, 1.807) is 6.20 Å². The number of aryl methyl sites for hydroxylation is 1. The van der Waals surface area contributed by atoms with Crippen molar-refractivity contribution in [3.05, 3.63) is 87.8 Å². The Hall–Kier alpha value is -3.08. The molecule has 4 rings (SSSR count). The third kappa shape index (κ3) is 3.72. The third-order valence-corrected chi connectivity index (χ3v) is 5.05. The van der Waals surface area contributed by atoms with Gasteiger partial charge in [0.25, 0.3) is 0 Å². The second-order valence-corrected chi connectivity index (χ2v) is 6.84. The predicted octanol–water partition coefficient (Wildman–Crippen LogP) is 3.79. The van der Waals surface area contributed by atoms with Crippen molar-refractivity contribution in [2.24, 2.45) is 0 Å². The highest BCUT2D eigenvalue weighted by Gasteiger charge is 2.21. The van der Waals surface area contributed by atoms with Crippen LogP contribution in [0.4, 0.5) is 5.95 Å². The van der Waals surface area contributed by atoms with Gasteiger partial charge in [0.05, 0.1) is 25.9 Å². The summed E-state index contributed by atoms with van der Waals surface area (Å²) in [7, 11) is 1.50. The summed E-state index contributed by atoms with van der Waals surface area (Å²) in [4.78, 5) is 16.6. The molecule has 27 heavy (non-hydrogen) atoms. The zero-order valence-electron chi connectivity index (χ0n) is 15.4. The van der Waals surface area contributed by atoms with Crippen LogP contribution in [0.2, 0.25) is 0 Å². The van der Waals surface area contributed by atoms with E-state index < -0.39 is 0 Å². The fourth-order valence-corrected chi connectivity index (χ4v) is 3.69. The molecular formula is C22H23N3O2. The van der Waals surface area contributed by atoms with Crippen LogP contribution >= 0.6 is 0 Å². The van der Waals surface area contributed by atoms with Gasteiger partial charge in [-0.1, -0.05) is 54.6 Å². The second-order valence-electron chi connectivity index (χ2n) is 6.84. The molecule has 3 aromatic rings. The first-order chi connectivity index (χ1) is 13.2. The van der Waals surface area contributed by atoms with Gasteiger partial charge in [0.15, 0.2) is 0 Å². The molecule has 5 heteroatoms. The molecule has 1 aliphatic rings. The van der Waals surface area contributed by atoms with Gasteiger partial charge in [0, 0.05) is 0 Å². The van der Waals surface area contributed by atoms with Gasteiger partial charge in [-0.15, -0.1) is 0 Å². The summed E-state index contributed by atoms with van der Waals surface area (Å²) >= 11 is 0. The van der Waals surface area contributed by atoms with E-state index in [1.165, 1.54) is 18.2 Å². The molecule has 1 atom stereocenters. The van der Waals surface area contributed by atoms with Crippen LogP contribution < -0.4 is 15.6 Å². The molecule has 0 fully saturated rings. The number of benzene rings is 2. The first-order valence-electron chi connectivity index (χ1n) is 9.28. The van der Waals surface area contributed by atoms with Crippen molar-refractivity contribution >= 4 is 5.95 Å². The van der Waals surface area contributed by atoms with Gasteiger partial charge in [-0.3, -0.25) is 4.79 Å². The summed E-state index contributed by atoms with van der Waals surface area (Å²) in [5, 5.41) is 3.51. The van der Waals surface area contributed by atoms with E-state index in [4.69, 9.17) is 4.74 Å². The summed E-state index contributed by atoms with van der Waals surface area (Å²) in [5.74, 6) is 0.826. The van der Waals surface area contributed by atoms with Crippen molar-refractivity contribution in [2.45, 2.75) is 31.8 Å². The number of hydrogen-bond donors (Lipinski definition) is 1. The minimum Gasteiger partial charge on any atom is -0.490 e. The monoisotopic (exact) mass is 361 g/mol. The molecule has 2 aromatic carbocycles. The van der Waals surface area contributed by atoms with Gasteiger partial charge in [-0.2, -0.15) is 4.98 Å². The van der Waals surface area contributed by atoms with Crippen LogP contribution in [0.1, 0.15) is 35.6 Å². The van der Waals surface area contributed by atoms with Gasteiger partial charge >= 0.3 is 5.56 Å². The molecule has 1 aromatic heterocycles. The zero-order chi connectivity index (χ0) is 18.6. The first kappa shape index (κ1) is 17.3. The molecule has 0 bridgehead atoms. The number of rotatable bonds is 5. The lowest BCUT2D eigenvalue weighted by Gasteiger charge is -2.28. The van der Waals surface area contributed by atoms with E-state index in [0.29, 0.717) is 12.5 Å². The molecule has 0 radical (unpaired) electrons. The van der Waals surface area contributed by atoms with Crippen molar-refractivity contribution in [1.82, 2.24) is 9.55 Å². The Kier molecular flexibility index (Phi) is 4.92. The van der Waals surface area contributed by atoms with Crippen molar-refractivity contribution < 1.29 is 4.74 Å². The van der Waals surface area contributed by atoms with Crippen LogP contribution in [-0.4, -0.2) is 16.7 Å². The number of nitrogens with one attached hydrogen (secondary N) is 1. The zero-order valence-corrected chi connectivity index (χ0v) is 15.4. The number of aromatic nitrogens is 2. The molecule has 0 saturated carbocycles. The Labute approximate surface area is 158 Å². The fraction of sp³-hybridized carbons (Fsp3) is 0.273. The molecule has 1 aliphatic carbocycles. The molecular weight excluding hydrogens is 338 g/mol. The molecule has 5 nitrogen and oxygen atoms in total. The van der Waals surface area contributed by atoms with E-state index in [9.17, 15) is 4.79 Å². The van der Waals surface area contributed by atoms with Crippen LogP contribution in [-0.2, 0) is 13.0 Å². The Morgan fingerprint density at radius 3 is 2.74 bits per heavy atom. The van der Waals surface area contributed by atoms with Gasteiger partial charge in [-0.25, -0.2) is 0 Å². The summed E-state index contributed by atoms with van der Waals surface area (Å²) in [6, 6.07) is 18.8. The van der Waals surface area contributed by atoms with Crippen LogP contribution in [0, 0.1) is 0 Å².